The van der Waals surface area contributed by atoms with E-state index in [4.69, 9.17) is 11.6 Å². The van der Waals surface area contributed by atoms with Crippen molar-refractivity contribution in [2.24, 2.45) is 11.8 Å². The van der Waals surface area contributed by atoms with Gasteiger partial charge in [0.15, 0.2) is 0 Å². The van der Waals surface area contributed by atoms with E-state index in [1.165, 1.54) is 24.4 Å². The molecule has 2 N–H and O–H groups in total. The molecule has 2 aliphatic rings. The molecule has 0 saturated carbocycles. The highest BCUT2D eigenvalue weighted by Gasteiger charge is 2.61. The number of aromatic nitrogens is 1. The molecule has 2 fully saturated rings. The highest BCUT2D eigenvalue weighted by atomic mass is 35.5. The largest absolute Gasteiger partial charge is 0.480 e. The van der Waals surface area contributed by atoms with Crippen LogP contribution in [0.15, 0.2) is 42.6 Å². The predicted octanol–water partition coefficient (Wildman–Crippen LogP) is 1.54. The maximum absolute atomic E-state index is 13.1. The number of imide groups is 1. The van der Waals surface area contributed by atoms with Crippen molar-refractivity contribution >= 4 is 35.1 Å². The molecule has 0 aliphatic carbocycles. The van der Waals surface area contributed by atoms with E-state index >= 15 is 0 Å². The van der Waals surface area contributed by atoms with Crippen LogP contribution in [0.3, 0.4) is 0 Å². The number of halogens is 1. The van der Waals surface area contributed by atoms with Crippen molar-refractivity contribution in [2.45, 2.75) is 18.6 Å². The molecular formula is C19H15ClN4O6. The monoisotopic (exact) mass is 430 g/mol. The molecule has 30 heavy (non-hydrogen) atoms. The van der Waals surface area contributed by atoms with E-state index < -0.39 is 46.6 Å². The number of nitrogens with zero attached hydrogens (tertiary/aromatic N) is 3. The Balaban J connectivity index is 1.72. The quantitative estimate of drug-likeness (QED) is 0.413. The van der Waals surface area contributed by atoms with E-state index in [9.17, 15) is 29.6 Å². The van der Waals surface area contributed by atoms with E-state index in [1.54, 1.807) is 18.2 Å². The van der Waals surface area contributed by atoms with Crippen LogP contribution in [0, 0.1) is 22.0 Å². The average Bonchev–Trinajstić information content (AvgIpc) is 3.22. The first-order chi connectivity index (χ1) is 14.3. The molecule has 2 aliphatic heterocycles. The molecule has 2 aromatic rings. The highest BCUT2D eigenvalue weighted by Crippen LogP contribution is 2.45. The van der Waals surface area contributed by atoms with Gasteiger partial charge in [0.05, 0.1) is 29.0 Å². The van der Waals surface area contributed by atoms with Gasteiger partial charge in [0, 0.05) is 18.3 Å². The standard InChI is InChI=1S/C19H15ClN4O6/c20-11-5-4-9(7-12(11)24(29)30)15-13-14(16(22-15)19(27)28)18(26)23(17(13)25)8-10-3-1-2-6-21-10/h1-7,13-16,22H,8H2,(H,27,28). The second kappa shape index (κ2) is 7.47. The fourth-order valence-electron chi connectivity index (χ4n) is 4.08. The SMILES string of the molecule is O=C(O)C1NC(c2ccc(Cl)c([N+](=O)[O-])c2)C2C(=O)N(Cc3ccccn3)C(=O)C12. The number of nitro groups is 1. The molecule has 0 radical (unpaired) electrons. The Hall–Kier alpha value is -3.37. The van der Waals surface area contributed by atoms with Crippen molar-refractivity contribution in [2.75, 3.05) is 0 Å². The summed E-state index contributed by atoms with van der Waals surface area (Å²) in [7, 11) is 0. The molecule has 3 heterocycles. The molecule has 0 spiro atoms. The molecule has 2 amide bonds. The molecular weight excluding hydrogens is 416 g/mol. The number of carboxylic acid groups (broad SMARTS) is 1. The molecule has 4 atom stereocenters. The van der Waals surface area contributed by atoms with Crippen molar-refractivity contribution in [3.8, 4) is 0 Å². The highest BCUT2D eigenvalue weighted by molar-refractivity contribution is 6.32. The topological polar surface area (TPSA) is 143 Å². The Morgan fingerprint density at radius 2 is 1.97 bits per heavy atom. The zero-order chi connectivity index (χ0) is 21.6. The summed E-state index contributed by atoms with van der Waals surface area (Å²) in [5, 5.41) is 23.5. The molecule has 4 rings (SSSR count). The second-order valence-electron chi connectivity index (χ2n) is 7.06. The third-order valence-electron chi connectivity index (χ3n) is 5.40. The van der Waals surface area contributed by atoms with Crippen LogP contribution in [0.5, 0.6) is 0 Å². The lowest BCUT2D eigenvalue weighted by atomic mass is 9.86. The van der Waals surface area contributed by atoms with Gasteiger partial charge in [0.2, 0.25) is 11.8 Å². The van der Waals surface area contributed by atoms with Crippen molar-refractivity contribution in [3.63, 3.8) is 0 Å². The van der Waals surface area contributed by atoms with Crippen LogP contribution < -0.4 is 5.32 Å². The van der Waals surface area contributed by atoms with Crippen LogP contribution in [-0.2, 0) is 20.9 Å². The lowest BCUT2D eigenvalue weighted by molar-refractivity contribution is -0.384. The van der Waals surface area contributed by atoms with Crippen LogP contribution in [0.2, 0.25) is 5.02 Å². The molecule has 2 saturated heterocycles. The number of aliphatic carboxylic acids is 1. The number of carbonyl (C=O) groups is 3. The lowest BCUT2D eigenvalue weighted by Crippen LogP contribution is -2.42. The minimum atomic E-state index is -1.31. The Bertz CT molecular complexity index is 1060. The number of rotatable bonds is 5. The van der Waals surface area contributed by atoms with Gasteiger partial charge in [-0.1, -0.05) is 23.7 Å². The molecule has 1 aromatic heterocycles. The van der Waals surface area contributed by atoms with E-state index in [-0.39, 0.29) is 17.3 Å². The number of nitrogens with one attached hydrogen (secondary N) is 1. The van der Waals surface area contributed by atoms with Gasteiger partial charge in [-0.3, -0.25) is 39.7 Å². The Labute approximate surface area is 174 Å². The number of hydrogen-bond acceptors (Lipinski definition) is 7. The number of carboxylic acids is 1. The number of nitro benzene ring substituents is 1. The summed E-state index contributed by atoms with van der Waals surface area (Å²) in [5.41, 5.74) is 0.428. The fraction of sp³-hybridized carbons (Fsp3) is 0.263. The smallest absolute Gasteiger partial charge is 0.321 e. The van der Waals surface area contributed by atoms with Gasteiger partial charge < -0.3 is 5.11 Å². The van der Waals surface area contributed by atoms with Gasteiger partial charge in [0.1, 0.15) is 11.1 Å². The number of hydrogen-bond donors (Lipinski definition) is 2. The van der Waals surface area contributed by atoms with E-state index in [1.807, 2.05) is 0 Å². The van der Waals surface area contributed by atoms with Crippen LogP contribution >= 0.6 is 11.6 Å². The minimum Gasteiger partial charge on any atom is -0.480 e. The van der Waals surface area contributed by atoms with Crippen molar-refractivity contribution in [3.05, 3.63) is 69.0 Å². The first kappa shape index (κ1) is 19.9. The van der Waals surface area contributed by atoms with Crippen molar-refractivity contribution in [1.82, 2.24) is 15.2 Å². The fourth-order valence-corrected chi connectivity index (χ4v) is 4.26. The first-order valence-electron chi connectivity index (χ1n) is 8.97. The maximum atomic E-state index is 13.1. The normalized spacial score (nSPS) is 25.4. The number of amides is 2. The summed E-state index contributed by atoms with van der Waals surface area (Å²) in [6.45, 7) is -0.0780. The number of benzene rings is 1. The Morgan fingerprint density at radius 1 is 1.23 bits per heavy atom. The van der Waals surface area contributed by atoms with Gasteiger partial charge in [0.25, 0.3) is 5.69 Å². The number of pyridine rings is 1. The number of carbonyl (C=O) groups excluding carboxylic acids is 2. The van der Waals surface area contributed by atoms with Gasteiger partial charge >= 0.3 is 5.97 Å². The Morgan fingerprint density at radius 3 is 2.60 bits per heavy atom. The summed E-state index contributed by atoms with van der Waals surface area (Å²) in [4.78, 5) is 53.6. The molecule has 11 heteroatoms. The number of fused-ring (bicyclic) bond motifs is 1. The summed E-state index contributed by atoms with van der Waals surface area (Å²) < 4.78 is 0. The summed E-state index contributed by atoms with van der Waals surface area (Å²) in [6.07, 6.45) is 1.53. The van der Waals surface area contributed by atoms with Gasteiger partial charge in [-0.25, -0.2) is 0 Å². The number of likely N-dealkylation sites (tertiary alicyclic amines) is 1. The van der Waals surface area contributed by atoms with E-state index in [0.717, 1.165) is 4.90 Å². The minimum absolute atomic E-state index is 0.0780. The average molecular weight is 431 g/mol. The van der Waals surface area contributed by atoms with Crippen molar-refractivity contribution < 1.29 is 24.4 Å². The molecule has 4 unspecified atom stereocenters. The third-order valence-corrected chi connectivity index (χ3v) is 5.72. The zero-order valence-corrected chi connectivity index (χ0v) is 16.0. The molecule has 0 bridgehead atoms. The van der Waals surface area contributed by atoms with Gasteiger partial charge in [-0.2, -0.15) is 0 Å². The van der Waals surface area contributed by atoms with Crippen LogP contribution in [0.1, 0.15) is 17.3 Å². The zero-order valence-electron chi connectivity index (χ0n) is 15.3. The van der Waals surface area contributed by atoms with E-state index in [2.05, 4.69) is 10.3 Å². The summed E-state index contributed by atoms with van der Waals surface area (Å²) in [6, 6.07) is 6.85. The maximum Gasteiger partial charge on any atom is 0.321 e. The van der Waals surface area contributed by atoms with Crippen LogP contribution in [0.4, 0.5) is 5.69 Å². The lowest BCUT2D eigenvalue weighted by Gasteiger charge is -2.21. The van der Waals surface area contributed by atoms with Crippen LogP contribution in [-0.4, -0.2) is 43.7 Å². The molecule has 1 aromatic carbocycles. The summed E-state index contributed by atoms with van der Waals surface area (Å²) in [5.74, 6) is -4.57. The first-order valence-corrected chi connectivity index (χ1v) is 9.35. The second-order valence-corrected chi connectivity index (χ2v) is 7.47. The van der Waals surface area contributed by atoms with Crippen molar-refractivity contribution in [1.29, 1.82) is 0 Å². The van der Waals surface area contributed by atoms with Crippen LogP contribution in [0.25, 0.3) is 0 Å². The predicted molar refractivity (Wildman–Crippen MR) is 102 cm³/mol. The molecule has 154 valence electrons. The van der Waals surface area contributed by atoms with Gasteiger partial charge in [-0.15, -0.1) is 0 Å². The molecule has 10 nitrogen and oxygen atoms in total. The van der Waals surface area contributed by atoms with E-state index in [0.29, 0.717) is 11.3 Å². The Kier molecular flexibility index (Phi) is 4.96. The summed E-state index contributed by atoms with van der Waals surface area (Å²) >= 11 is 5.86. The third kappa shape index (κ3) is 3.19. The van der Waals surface area contributed by atoms with Gasteiger partial charge in [-0.05, 0) is 23.8 Å².